The fourth-order valence-electron chi connectivity index (χ4n) is 2.24. The summed E-state index contributed by atoms with van der Waals surface area (Å²) in [6.45, 7) is 2.14. The highest BCUT2D eigenvalue weighted by Crippen LogP contribution is 2.19. The zero-order valence-corrected chi connectivity index (χ0v) is 14.7. The van der Waals surface area contributed by atoms with Crippen molar-refractivity contribution < 1.29 is 8.42 Å². The molecule has 0 bridgehead atoms. The Morgan fingerprint density at radius 1 is 1.25 bits per heavy atom. The lowest BCUT2D eigenvalue weighted by molar-refractivity contribution is 0.599. The van der Waals surface area contributed by atoms with Gasteiger partial charge in [-0.15, -0.1) is 0 Å². The highest BCUT2D eigenvalue weighted by molar-refractivity contribution is 7.92. The molecule has 1 aromatic carbocycles. The van der Waals surface area contributed by atoms with E-state index in [-0.39, 0.29) is 10.7 Å². The molecule has 0 saturated heterocycles. The minimum Gasteiger partial charge on any atom is -0.272 e. The van der Waals surface area contributed by atoms with Crippen LogP contribution in [-0.2, 0) is 23.6 Å². The summed E-state index contributed by atoms with van der Waals surface area (Å²) in [6, 6.07) is 9.03. The Morgan fingerprint density at radius 3 is 2.67 bits per heavy atom. The van der Waals surface area contributed by atoms with Gasteiger partial charge < -0.3 is 0 Å². The smallest absolute Gasteiger partial charge is 0.266 e. The second kappa shape index (κ2) is 6.29. The van der Waals surface area contributed by atoms with Crippen molar-refractivity contribution in [1.82, 2.24) is 19.6 Å². The molecule has 0 aliphatic rings. The summed E-state index contributed by atoms with van der Waals surface area (Å²) >= 11 is 6.13. The average molecular weight is 366 g/mol. The third-order valence-corrected chi connectivity index (χ3v) is 5.48. The molecule has 0 fully saturated rings. The lowest BCUT2D eigenvalue weighted by Crippen LogP contribution is -2.14. The number of nitrogens with zero attached hydrogens (tertiary/aromatic N) is 4. The topological polar surface area (TPSA) is 81.8 Å². The van der Waals surface area contributed by atoms with Gasteiger partial charge in [-0.05, 0) is 18.6 Å². The molecule has 0 radical (unpaired) electrons. The molecule has 24 heavy (non-hydrogen) atoms. The Hall–Kier alpha value is -2.32. The van der Waals surface area contributed by atoms with Crippen molar-refractivity contribution in [2.45, 2.75) is 18.4 Å². The minimum atomic E-state index is -3.73. The monoisotopic (exact) mass is 365 g/mol. The summed E-state index contributed by atoms with van der Waals surface area (Å²) in [7, 11) is -2.04. The predicted octanol–water partition coefficient (Wildman–Crippen LogP) is 2.43. The van der Waals surface area contributed by atoms with Crippen molar-refractivity contribution >= 4 is 27.4 Å². The molecule has 7 nitrogen and oxygen atoms in total. The summed E-state index contributed by atoms with van der Waals surface area (Å²) < 4.78 is 30.4. The van der Waals surface area contributed by atoms with E-state index in [1.807, 2.05) is 18.2 Å². The van der Waals surface area contributed by atoms with Crippen molar-refractivity contribution in [1.29, 1.82) is 0 Å². The third-order valence-electron chi connectivity index (χ3n) is 3.65. The lowest BCUT2D eigenvalue weighted by Gasteiger charge is -2.06. The first-order valence-corrected chi connectivity index (χ1v) is 9.01. The molecule has 0 saturated carbocycles. The van der Waals surface area contributed by atoms with E-state index in [1.165, 1.54) is 10.9 Å². The lowest BCUT2D eigenvalue weighted by atomic mass is 10.2. The molecule has 2 heterocycles. The van der Waals surface area contributed by atoms with E-state index in [1.54, 1.807) is 37.0 Å². The van der Waals surface area contributed by atoms with Crippen molar-refractivity contribution in [3.8, 4) is 0 Å². The van der Waals surface area contributed by atoms with Crippen LogP contribution < -0.4 is 4.72 Å². The van der Waals surface area contributed by atoms with E-state index >= 15 is 0 Å². The summed E-state index contributed by atoms with van der Waals surface area (Å²) in [6.07, 6.45) is 3.01. The number of aromatic nitrogens is 4. The van der Waals surface area contributed by atoms with Gasteiger partial charge in [0.15, 0.2) is 5.82 Å². The van der Waals surface area contributed by atoms with Crippen LogP contribution in [0.1, 0.15) is 11.3 Å². The first-order chi connectivity index (χ1) is 11.4. The zero-order chi connectivity index (χ0) is 17.3. The number of sulfonamides is 1. The molecule has 0 aliphatic carbocycles. The van der Waals surface area contributed by atoms with E-state index in [0.717, 1.165) is 5.56 Å². The standard InChI is InChI=1S/C15H16ClN5O2S/c1-11-14(9-17-20(11)2)24(22,23)19-15-7-8-21(18-15)10-12-5-3-4-6-13(12)16/h3-9H,10H2,1-2H3,(H,18,19). The Balaban J connectivity index is 1.79. The molecule has 3 rings (SSSR count). The molecule has 3 aromatic rings. The number of anilines is 1. The molecule has 126 valence electrons. The molecule has 9 heteroatoms. The average Bonchev–Trinajstić information content (AvgIpc) is 3.09. The second-order valence-corrected chi connectivity index (χ2v) is 7.37. The Labute approximate surface area is 144 Å². The quantitative estimate of drug-likeness (QED) is 0.752. The fourth-order valence-corrected chi connectivity index (χ4v) is 3.64. The highest BCUT2D eigenvalue weighted by atomic mass is 35.5. The van der Waals surface area contributed by atoms with Crippen LogP contribution in [0.25, 0.3) is 0 Å². The van der Waals surface area contributed by atoms with E-state index in [4.69, 9.17) is 11.6 Å². The second-order valence-electron chi connectivity index (χ2n) is 5.31. The predicted molar refractivity (Wildman–Crippen MR) is 91.5 cm³/mol. The summed E-state index contributed by atoms with van der Waals surface area (Å²) in [5.41, 5.74) is 1.46. The summed E-state index contributed by atoms with van der Waals surface area (Å²) in [4.78, 5) is 0.130. The number of hydrogen-bond donors (Lipinski definition) is 1. The van der Waals surface area contributed by atoms with Crippen molar-refractivity contribution in [2.24, 2.45) is 7.05 Å². The normalized spacial score (nSPS) is 11.6. The van der Waals surface area contributed by atoms with Crippen LogP contribution in [0, 0.1) is 6.92 Å². The van der Waals surface area contributed by atoms with E-state index in [9.17, 15) is 8.42 Å². The number of aryl methyl sites for hydroxylation is 1. The molecule has 0 aliphatic heterocycles. The van der Waals surface area contributed by atoms with Gasteiger partial charge in [0.1, 0.15) is 4.90 Å². The van der Waals surface area contributed by atoms with Crippen LogP contribution in [0.3, 0.4) is 0 Å². The summed E-state index contributed by atoms with van der Waals surface area (Å²) in [5, 5.41) is 8.83. The van der Waals surface area contributed by atoms with Crippen LogP contribution >= 0.6 is 11.6 Å². The molecule has 0 spiro atoms. The largest absolute Gasteiger partial charge is 0.272 e. The zero-order valence-electron chi connectivity index (χ0n) is 13.1. The van der Waals surface area contributed by atoms with Gasteiger partial charge in [-0.2, -0.15) is 10.2 Å². The van der Waals surface area contributed by atoms with E-state index in [2.05, 4.69) is 14.9 Å². The number of halogens is 1. The molecule has 2 aromatic heterocycles. The summed E-state index contributed by atoms with van der Waals surface area (Å²) in [5.74, 6) is 0.241. The number of hydrogen-bond acceptors (Lipinski definition) is 4. The maximum Gasteiger partial charge on any atom is 0.266 e. The van der Waals surface area contributed by atoms with Gasteiger partial charge >= 0.3 is 0 Å². The van der Waals surface area contributed by atoms with E-state index < -0.39 is 10.0 Å². The molecule has 0 atom stereocenters. The molecular weight excluding hydrogens is 350 g/mol. The first kappa shape index (κ1) is 16.5. The van der Waals surface area contributed by atoms with Gasteiger partial charge in [0.2, 0.25) is 0 Å². The Morgan fingerprint density at radius 2 is 2.00 bits per heavy atom. The maximum absolute atomic E-state index is 12.4. The maximum atomic E-state index is 12.4. The fraction of sp³-hybridized carbons (Fsp3) is 0.200. The molecular formula is C15H16ClN5O2S. The van der Waals surface area contributed by atoms with Crippen LogP contribution in [0.4, 0.5) is 5.82 Å². The molecule has 0 unspecified atom stereocenters. The number of benzene rings is 1. The Bertz CT molecular complexity index is 977. The molecule has 1 N–H and O–H groups in total. The van der Waals surface area contributed by atoms with Gasteiger partial charge in [0, 0.05) is 24.3 Å². The number of rotatable bonds is 5. The minimum absolute atomic E-state index is 0.130. The van der Waals surface area contributed by atoms with Crippen LogP contribution in [0.15, 0.2) is 47.6 Å². The number of nitrogens with one attached hydrogen (secondary N) is 1. The van der Waals surface area contributed by atoms with Gasteiger partial charge in [-0.3, -0.25) is 14.1 Å². The SMILES string of the molecule is Cc1c(S(=O)(=O)Nc2ccn(Cc3ccccc3Cl)n2)cnn1C. The van der Waals surface area contributed by atoms with Gasteiger partial charge in [-0.1, -0.05) is 29.8 Å². The van der Waals surface area contributed by atoms with Crippen LogP contribution in [-0.4, -0.2) is 28.0 Å². The molecule has 0 amide bonds. The third kappa shape index (κ3) is 3.29. The Kier molecular flexibility index (Phi) is 4.33. The van der Waals surface area contributed by atoms with Crippen molar-refractivity contribution in [2.75, 3.05) is 4.72 Å². The van der Waals surface area contributed by atoms with Crippen LogP contribution in [0.2, 0.25) is 5.02 Å². The van der Waals surface area contributed by atoms with Crippen molar-refractivity contribution in [3.63, 3.8) is 0 Å². The van der Waals surface area contributed by atoms with Crippen molar-refractivity contribution in [3.05, 3.63) is 59.0 Å². The van der Waals surface area contributed by atoms with Crippen LogP contribution in [0.5, 0.6) is 0 Å². The van der Waals surface area contributed by atoms with Gasteiger partial charge in [-0.25, -0.2) is 8.42 Å². The van der Waals surface area contributed by atoms with Gasteiger partial charge in [0.05, 0.1) is 18.4 Å². The van der Waals surface area contributed by atoms with Gasteiger partial charge in [0.25, 0.3) is 10.0 Å². The van der Waals surface area contributed by atoms with E-state index in [0.29, 0.717) is 17.3 Å². The highest BCUT2D eigenvalue weighted by Gasteiger charge is 2.21. The first-order valence-electron chi connectivity index (χ1n) is 7.15.